The van der Waals surface area contributed by atoms with Crippen LogP contribution < -0.4 is 0 Å². The van der Waals surface area contributed by atoms with E-state index in [0.717, 1.165) is 12.1 Å². The second-order valence-corrected chi connectivity index (χ2v) is 2.81. The van der Waals surface area contributed by atoms with E-state index in [2.05, 4.69) is 4.98 Å². The minimum absolute atomic E-state index is 0.233. The van der Waals surface area contributed by atoms with E-state index >= 15 is 0 Å². The predicted octanol–water partition coefficient (Wildman–Crippen LogP) is 1.25. The molecule has 1 rings (SSSR count). The number of rotatable bonds is 3. The molecule has 0 saturated carbocycles. The standard InChI is InChI=1S/C9H13NO/c1-8(7-11)6-9-4-2-3-5-10-9/h2-5,8,11H,6-7H2,1H3/t8-/m1/s1. The van der Waals surface area contributed by atoms with Gasteiger partial charge in [0, 0.05) is 18.5 Å². The molecule has 0 spiro atoms. The van der Waals surface area contributed by atoms with Gasteiger partial charge >= 0.3 is 0 Å². The molecule has 0 fully saturated rings. The Morgan fingerprint density at radius 2 is 2.36 bits per heavy atom. The van der Waals surface area contributed by atoms with Gasteiger partial charge in [-0.15, -0.1) is 0 Å². The Kier molecular flexibility index (Phi) is 3.05. The van der Waals surface area contributed by atoms with Crippen LogP contribution in [0.1, 0.15) is 12.6 Å². The van der Waals surface area contributed by atoms with E-state index < -0.39 is 0 Å². The highest BCUT2D eigenvalue weighted by Gasteiger charge is 2.00. The molecule has 2 nitrogen and oxygen atoms in total. The number of nitrogens with zero attached hydrogens (tertiary/aromatic N) is 1. The summed E-state index contributed by atoms with van der Waals surface area (Å²) < 4.78 is 0. The highest BCUT2D eigenvalue weighted by atomic mass is 16.3. The van der Waals surface area contributed by atoms with Crippen LogP contribution in [0.25, 0.3) is 0 Å². The van der Waals surface area contributed by atoms with Gasteiger partial charge in [-0.3, -0.25) is 4.98 Å². The van der Waals surface area contributed by atoms with Crippen molar-refractivity contribution < 1.29 is 5.11 Å². The third-order valence-electron chi connectivity index (χ3n) is 1.60. The van der Waals surface area contributed by atoms with E-state index in [1.54, 1.807) is 6.20 Å². The summed E-state index contributed by atoms with van der Waals surface area (Å²) in [5.74, 6) is 0.310. The summed E-state index contributed by atoms with van der Waals surface area (Å²) in [6, 6.07) is 5.84. The van der Waals surface area contributed by atoms with Gasteiger partial charge in [-0.25, -0.2) is 0 Å². The molecule has 0 aliphatic rings. The summed E-state index contributed by atoms with van der Waals surface area (Å²) in [6.07, 6.45) is 2.64. The zero-order valence-corrected chi connectivity index (χ0v) is 6.70. The van der Waals surface area contributed by atoms with E-state index in [0.29, 0.717) is 5.92 Å². The van der Waals surface area contributed by atoms with Crippen molar-refractivity contribution in [2.45, 2.75) is 13.3 Å². The van der Waals surface area contributed by atoms with Gasteiger partial charge in [0.15, 0.2) is 0 Å². The van der Waals surface area contributed by atoms with Crippen molar-refractivity contribution in [1.82, 2.24) is 4.98 Å². The average molecular weight is 151 g/mol. The van der Waals surface area contributed by atoms with Crippen molar-refractivity contribution in [3.05, 3.63) is 30.1 Å². The lowest BCUT2D eigenvalue weighted by Gasteiger charge is -2.05. The van der Waals surface area contributed by atoms with Crippen molar-refractivity contribution in [1.29, 1.82) is 0 Å². The van der Waals surface area contributed by atoms with Gasteiger partial charge in [0.2, 0.25) is 0 Å². The highest BCUT2D eigenvalue weighted by molar-refractivity contribution is 5.03. The maximum absolute atomic E-state index is 8.77. The van der Waals surface area contributed by atoms with Crippen LogP contribution in [0.5, 0.6) is 0 Å². The minimum Gasteiger partial charge on any atom is -0.396 e. The van der Waals surface area contributed by atoms with Crippen LogP contribution in [0.2, 0.25) is 0 Å². The molecular formula is C9H13NO. The summed E-state index contributed by atoms with van der Waals surface area (Å²) in [5, 5.41) is 8.77. The van der Waals surface area contributed by atoms with E-state index in [9.17, 15) is 0 Å². The molecule has 11 heavy (non-hydrogen) atoms. The molecule has 0 unspecified atom stereocenters. The molecule has 1 N–H and O–H groups in total. The van der Waals surface area contributed by atoms with Crippen molar-refractivity contribution in [3.8, 4) is 0 Å². The fraction of sp³-hybridized carbons (Fsp3) is 0.444. The predicted molar refractivity (Wildman–Crippen MR) is 44.2 cm³/mol. The van der Waals surface area contributed by atoms with Crippen molar-refractivity contribution in [3.63, 3.8) is 0 Å². The Balaban J connectivity index is 2.51. The Hall–Kier alpha value is -0.890. The fourth-order valence-corrected chi connectivity index (χ4v) is 0.940. The monoisotopic (exact) mass is 151 g/mol. The number of aliphatic hydroxyl groups excluding tert-OH is 1. The molecule has 1 aromatic heterocycles. The van der Waals surface area contributed by atoms with Crippen molar-refractivity contribution >= 4 is 0 Å². The van der Waals surface area contributed by atoms with Crippen molar-refractivity contribution in [2.24, 2.45) is 5.92 Å². The zero-order chi connectivity index (χ0) is 8.10. The smallest absolute Gasteiger partial charge is 0.0460 e. The third-order valence-corrected chi connectivity index (χ3v) is 1.60. The fourth-order valence-electron chi connectivity index (χ4n) is 0.940. The average Bonchev–Trinajstić information content (AvgIpc) is 2.06. The first kappa shape index (κ1) is 8.21. The van der Waals surface area contributed by atoms with Crippen LogP contribution in [0, 0.1) is 5.92 Å². The Bertz CT molecular complexity index is 198. The molecule has 0 aromatic carbocycles. The first-order chi connectivity index (χ1) is 5.33. The van der Waals surface area contributed by atoms with E-state index in [1.165, 1.54) is 0 Å². The number of aliphatic hydroxyl groups is 1. The molecule has 2 heteroatoms. The number of hydrogen-bond acceptors (Lipinski definition) is 2. The Morgan fingerprint density at radius 1 is 1.55 bits per heavy atom. The third kappa shape index (κ3) is 2.68. The zero-order valence-electron chi connectivity index (χ0n) is 6.70. The molecule has 0 aliphatic heterocycles. The number of aromatic nitrogens is 1. The first-order valence-electron chi connectivity index (χ1n) is 3.83. The van der Waals surface area contributed by atoms with Crippen LogP contribution in [0.4, 0.5) is 0 Å². The molecule has 0 radical (unpaired) electrons. The molecule has 1 atom stereocenters. The van der Waals surface area contributed by atoms with Crippen LogP contribution in [-0.2, 0) is 6.42 Å². The van der Waals surface area contributed by atoms with E-state index in [4.69, 9.17) is 5.11 Å². The summed E-state index contributed by atoms with van der Waals surface area (Å²) >= 11 is 0. The Labute approximate surface area is 66.9 Å². The largest absolute Gasteiger partial charge is 0.396 e. The van der Waals surface area contributed by atoms with Gasteiger partial charge in [-0.2, -0.15) is 0 Å². The highest BCUT2D eigenvalue weighted by Crippen LogP contribution is 2.03. The molecule has 1 aromatic rings. The molecule has 60 valence electrons. The molecule has 0 saturated heterocycles. The first-order valence-corrected chi connectivity index (χ1v) is 3.83. The molecule has 0 aliphatic carbocycles. The lowest BCUT2D eigenvalue weighted by molar-refractivity contribution is 0.236. The van der Waals surface area contributed by atoms with Gasteiger partial charge in [-0.1, -0.05) is 13.0 Å². The molecule has 0 amide bonds. The van der Waals surface area contributed by atoms with Crippen LogP contribution in [0.3, 0.4) is 0 Å². The normalized spacial score (nSPS) is 12.9. The Morgan fingerprint density at radius 3 is 2.91 bits per heavy atom. The summed E-state index contributed by atoms with van der Waals surface area (Å²) in [6.45, 7) is 2.24. The topological polar surface area (TPSA) is 33.1 Å². The number of hydrogen-bond donors (Lipinski definition) is 1. The second-order valence-electron chi connectivity index (χ2n) is 2.81. The molecule has 1 heterocycles. The number of pyridine rings is 1. The SMILES string of the molecule is C[C@@H](CO)Cc1ccccn1. The lowest BCUT2D eigenvalue weighted by Crippen LogP contribution is -2.05. The van der Waals surface area contributed by atoms with E-state index in [1.807, 2.05) is 25.1 Å². The van der Waals surface area contributed by atoms with Gasteiger partial charge in [0.25, 0.3) is 0 Å². The summed E-state index contributed by atoms with van der Waals surface area (Å²) in [4.78, 5) is 4.16. The van der Waals surface area contributed by atoms with Crippen molar-refractivity contribution in [2.75, 3.05) is 6.61 Å². The van der Waals surface area contributed by atoms with Gasteiger partial charge in [0.05, 0.1) is 0 Å². The van der Waals surface area contributed by atoms with Gasteiger partial charge in [0.1, 0.15) is 0 Å². The lowest BCUT2D eigenvalue weighted by atomic mass is 10.1. The van der Waals surface area contributed by atoms with Gasteiger partial charge < -0.3 is 5.11 Å². The minimum atomic E-state index is 0.233. The van der Waals surface area contributed by atoms with Gasteiger partial charge in [-0.05, 0) is 24.5 Å². The molecular weight excluding hydrogens is 138 g/mol. The second kappa shape index (κ2) is 4.09. The maximum atomic E-state index is 8.77. The molecule has 0 bridgehead atoms. The quantitative estimate of drug-likeness (QED) is 0.705. The van der Waals surface area contributed by atoms with Crippen LogP contribution in [0.15, 0.2) is 24.4 Å². The summed E-state index contributed by atoms with van der Waals surface area (Å²) in [7, 11) is 0. The van der Waals surface area contributed by atoms with Crippen LogP contribution >= 0.6 is 0 Å². The van der Waals surface area contributed by atoms with E-state index in [-0.39, 0.29) is 6.61 Å². The maximum Gasteiger partial charge on any atom is 0.0460 e. The van der Waals surface area contributed by atoms with Crippen LogP contribution in [-0.4, -0.2) is 16.7 Å². The summed E-state index contributed by atoms with van der Waals surface area (Å²) in [5.41, 5.74) is 1.05.